The molecule has 0 saturated carbocycles. The highest BCUT2D eigenvalue weighted by molar-refractivity contribution is 6.04. The van der Waals surface area contributed by atoms with Crippen LogP contribution in [-0.4, -0.2) is 15.7 Å². The molecule has 19 heavy (non-hydrogen) atoms. The third-order valence-electron chi connectivity index (χ3n) is 2.93. The normalized spacial score (nSPS) is 10.7. The quantitative estimate of drug-likeness (QED) is 0.831. The van der Waals surface area contributed by atoms with Crippen molar-refractivity contribution in [2.45, 2.75) is 26.8 Å². The molecule has 1 aromatic carbocycles. The molecule has 5 heteroatoms. The number of hydrogen-bond donors (Lipinski definition) is 2. The summed E-state index contributed by atoms with van der Waals surface area (Å²) in [5.74, 6) is 0.528. The van der Waals surface area contributed by atoms with Gasteiger partial charge in [-0.2, -0.15) is 5.10 Å². The summed E-state index contributed by atoms with van der Waals surface area (Å²) in [5.41, 5.74) is 7.91. The molecular formula is C14H18N4O. The molecule has 0 aliphatic heterocycles. The van der Waals surface area contributed by atoms with E-state index in [1.807, 2.05) is 20.8 Å². The smallest absolute Gasteiger partial charge is 0.256 e. The molecule has 0 bridgehead atoms. The molecule has 0 saturated heterocycles. The lowest BCUT2D eigenvalue weighted by Gasteiger charge is -2.12. The topological polar surface area (TPSA) is 72.9 Å². The molecule has 1 aromatic heterocycles. The van der Waals surface area contributed by atoms with Crippen molar-refractivity contribution in [2.24, 2.45) is 0 Å². The second-order valence-electron chi connectivity index (χ2n) is 4.78. The van der Waals surface area contributed by atoms with Gasteiger partial charge in [-0.05, 0) is 44.5 Å². The van der Waals surface area contributed by atoms with Gasteiger partial charge in [0.1, 0.15) is 5.82 Å². The van der Waals surface area contributed by atoms with Gasteiger partial charge < -0.3 is 11.1 Å². The van der Waals surface area contributed by atoms with E-state index in [2.05, 4.69) is 10.4 Å². The Morgan fingerprint density at radius 3 is 2.74 bits per heavy atom. The monoisotopic (exact) mass is 258 g/mol. The summed E-state index contributed by atoms with van der Waals surface area (Å²) in [6.45, 7) is 5.90. The lowest BCUT2D eigenvalue weighted by Crippen LogP contribution is -2.17. The van der Waals surface area contributed by atoms with Crippen molar-refractivity contribution < 1.29 is 4.79 Å². The second kappa shape index (κ2) is 5.14. The summed E-state index contributed by atoms with van der Waals surface area (Å²) in [5, 5.41) is 7.03. The van der Waals surface area contributed by atoms with Crippen LogP contribution in [0.25, 0.3) is 0 Å². The lowest BCUT2D eigenvalue weighted by atomic mass is 10.1. The van der Waals surface area contributed by atoms with E-state index in [0.29, 0.717) is 17.1 Å². The molecule has 0 aliphatic rings. The second-order valence-corrected chi connectivity index (χ2v) is 4.78. The number of aryl methyl sites for hydroxylation is 1. The van der Waals surface area contributed by atoms with Gasteiger partial charge in [-0.1, -0.05) is 0 Å². The predicted octanol–water partition coefficient (Wildman–Crippen LogP) is 2.61. The number of rotatable bonds is 3. The van der Waals surface area contributed by atoms with Crippen LogP contribution < -0.4 is 11.1 Å². The van der Waals surface area contributed by atoms with Crippen molar-refractivity contribution in [2.75, 3.05) is 11.1 Å². The maximum atomic E-state index is 12.2. The Bertz CT molecular complexity index is 601. The number of nitrogens with one attached hydrogen (secondary N) is 1. The zero-order valence-electron chi connectivity index (χ0n) is 11.3. The van der Waals surface area contributed by atoms with E-state index in [1.54, 1.807) is 35.1 Å². The molecule has 2 aromatic rings. The number of nitrogens with zero attached hydrogens (tertiary/aromatic N) is 2. The van der Waals surface area contributed by atoms with Gasteiger partial charge in [0.2, 0.25) is 0 Å². The van der Waals surface area contributed by atoms with E-state index in [-0.39, 0.29) is 11.9 Å². The Morgan fingerprint density at radius 2 is 2.11 bits per heavy atom. The lowest BCUT2D eigenvalue weighted by molar-refractivity contribution is 0.102. The SMILES string of the molecule is Cc1cc(C(=O)Nc2ccnn2C(C)C)ccc1N. The summed E-state index contributed by atoms with van der Waals surface area (Å²) >= 11 is 0. The highest BCUT2D eigenvalue weighted by Crippen LogP contribution is 2.16. The molecule has 100 valence electrons. The van der Waals surface area contributed by atoms with Crippen molar-refractivity contribution in [3.05, 3.63) is 41.6 Å². The Balaban J connectivity index is 2.21. The van der Waals surface area contributed by atoms with Crippen molar-refractivity contribution in [3.63, 3.8) is 0 Å². The van der Waals surface area contributed by atoms with Crippen LogP contribution in [0.4, 0.5) is 11.5 Å². The van der Waals surface area contributed by atoms with E-state index in [0.717, 1.165) is 5.56 Å². The number of nitrogen functional groups attached to an aromatic ring is 1. The molecular weight excluding hydrogens is 240 g/mol. The Kier molecular flexibility index (Phi) is 3.55. The first-order valence-corrected chi connectivity index (χ1v) is 6.20. The van der Waals surface area contributed by atoms with Gasteiger partial charge in [-0.15, -0.1) is 0 Å². The number of nitrogens with two attached hydrogens (primary N) is 1. The molecule has 0 aliphatic carbocycles. The number of carbonyl (C=O) groups is 1. The standard InChI is InChI=1S/C14H18N4O/c1-9(2)18-13(6-7-16-18)17-14(19)11-4-5-12(15)10(3)8-11/h4-9H,15H2,1-3H3,(H,17,19). The molecule has 5 nitrogen and oxygen atoms in total. The van der Waals surface area contributed by atoms with Crippen LogP contribution >= 0.6 is 0 Å². The Labute approximate surface area is 112 Å². The van der Waals surface area contributed by atoms with Gasteiger partial charge in [0.05, 0.1) is 6.20 Å². The van der Waals surface area contributed by atoms with E-state index in [4.69, 9.17) is 5.73 Å². The summed E-state index contributed by atoms with van der Waals surface area (Å²) in [6, 6.07) is 7.21. The first kappa shape index (κ1) is 13.1. The number of benzene rings is 1. The minimum Gasteiger partial charge on any atom is -0.399 e. The third-order valence-corrected chi connectivity index (χ3v) is 2.93. The summed E-state index contributed by atoms with van der Waals surface area (Å²) in [4.78, 5) is 12.2. The van der Waals surface area contributed by atoms with Crippen LogP contribution in [-0.2, 0) is 0 Å². The number of carbonyl (C=O) groups excluding carboxylic acids is 1. The van der Waals surface area contributed by atoms with Gasteiger partial charge in [-0.25, -0.2) is 4.68 Å². The van der Waals surface area contributed by atoms with Gasteiger partial charge >= 0.3 is 0 Å². The fraction of sp³-hybridized carbons (Fsp3) is 0.286. The minimum absolute atomic E-state index is 0.162. The van der Waals surface area contributed by atoms with Gasteiger partial charge in [0.25, 0.3) is 5.91 Å². The van der Waals surface area contributed by atoms with Crippen molar-refractivity contribution in [1.29, 1.82) is 0 Å². The fourth-order valence-electron chi connectivity index (χ4n) is 1.83. The average Bonchev–Trinajstić information content (AvgIpc) is 2.80. The fourth-order valence-corrected chi connectivity index (χ4v) is 1.83. The van der Waals surface area contributed by atoms with E-state index >= 15 is 0 Å². The molecule has 0 fully saturated rings. The first-order valence-electron chi connectivity index (χ1n) is 6.20. The van der Waals surface area contributed by atoms with Gasteiger partial charge in [0, 0.05) is 23.4 Å². The van der Waals surface area contributed by atoms with E-state index < -0.39 is 0 Å². The highest BCUT2D eigenvalue weighted by Gasteiger charge is 2.11. The van der Waals surface area contributed by atoms with Gasteiger partial charge in [-0.3, -0.25) is 4.79 Å². The molecule has 2 rings (SSSR count). The maximum Gasteiger partial charge on any atom is 0.256 e. The molecule has 0 unspecified atom stereocenters. The highest BCUT2D eigenvalue weighted by atomic mass is 16.1. The largest absolute Gasteiger partial charge is 0.399 e. The van der Waals surface area contributed by atoms with Crippen molar-refractivity contribution in [3.8, 4) is 0 Å². The zero-order valence-corrected chi connectivity index (χ0v) is 11.3. The summed E-state index contributed by atoms with van der Waals surface area (Å²) < 4.78 is 1.77. The summed E-state index contributed by atoms with van der Waals surface area (Å²) in [6.07, 6.45) is 1.67. The van der Waals surface area contributed by atoms with Crippen LogP contribution in [0, 0.1) is 6.92 Å². The molecule has 0 radical (unpaired) electrons. The van der Waals surface area contributed by atoms with E-state index in [1.165, 1.54) is 0 Å². The summed E-state index contributed by atoms with van der Waals surface area (Å²) in [7, 11) is 0. The van der Waals surface area contributed by atoms with Crippen LogP contribution in [0.3, 0.4) is 0 Å². The number of anilines is 2. The molecule has 0 atom stereocenters. The average molecular weight is 258 g/mol. The molecule has 1 amide bonds. The number of amides is 1. The van der Waals surface area contributed by atoms with Crippen molar-refractivity contribution in [1.82, 2.24) is 9.78 Å². The molecule has 3 N–H and O–H groups in total. The Hall–Kier alpha value is -2.30. The molecule has 0 spiro atoms. The van der Waals surface area contributed by atoms with Crippen LogP contribution in [0.15, 0.2) is 30.5 Å². The first-order chi connectivity index (χ1) is 8.99. The zero-order chi connectivity index (χ0) is 14.0. The van der Waals surface area contributed by atoms with Crippen LogP contribution in [0.5, 0.6) is 0 Å². The Morgan fingerprint density at radius 1 is 1.37 bits per heavy atom. The molecule has 1 heterocycles. The number of hydrogen-bond acceptors (Lipinski definition) is 3. The van der Waals surface area contributed by atoms with E-state index in [9.17, 15) is 4.79 Å². The van der Waals surface area contributed by atoms with Crippen LogP contribution in [0.1, 0.15) is 35.8 Å². The van der Waals surface area contributed by atoms with Crippen LogP contribution in [0.2, 0.25) is 0 Å². The van der Waals surface area contributed by atoms with Gasteiger partial charge in [0.15, 0.2) is 0 Å². The maximum absolute atomic E-state index is 12.2. The van der Waals surface area contributed by atoms with Crippen molar-refractivity contribution >= 4 is 17.4 Å². The third kappa shape index (κ3) is 2.76. The number of aromatic nitrogens is 2. The minimum atomic E-state index is -0.162. The predicted molar refractivity (Wildman–Crippen MR) is 76.2 cm³/mol.